The van der Waals surface area contributed by atoms with Crippen molar-refractivity contribution >= 4 is 43.4 Å². The van der Waals surface area contributed by atoms with Crippen molar-refractivity contribution in [2.75, 3.05) is 0 Å². The van der Waals surface area contributed by atoms with Gasteiger partial charge in [-0.05, 0) is 66.1 Å². The van der Waals surface area contributed by atoms with Gasteiger partial charge >= 0.3 is 0 Å². The van der Waals surface area contributed by atoms with E-state index >= 15 is 0 Å². The zero-order valence-corrected chi connectivity index (χ0v) is 17.5. The SMILES string of the molecule is Cc1cc2cc3c(cc2s1)oc1c(-c2cc(CC(C)(C)C)ccn2)cccc13. The Kier molecular flexibility index (Phi) is 3.85. The molecule has 3 heterocycles. The van der Waals surface area contributed by atoms with Crippen molar-refractivity contribution < 1.29 is 4.42 Å². The number of aromatic nitrogens is 1. The van der Waals surface area contributed by atoms with Gasteiger partial charge in [-0.3, -0.25) is 4.98 Å². The fourth-order valence-electron chi connectivity index (χ4n) is 4.01. The summed E-state index contributed by atoms with van der Waals surface area (Å²) in [6, 6.07) is 17.4. The molecule has 3 heteroatoms. The van der Waals surface area contributed by atoms with Gasteiger partial charge < -0.3 is 4.42 Å². The molecule has 0 unspecified atom stereocenters. The molecule has 0 amide bonds. The first kappa shape index (κ1) is 17.4. The van der Waals surface area contributed by atoms with E-state index in [-0.39, 0.29) is 5.41 Å². The van der Waals surface area contributed by atoms with Gasteiger partial charge in [0, 0.05) is 32.1 Å². The lowest BCUT2D eigenvalue weighted by atomic mass is 9.88. The summed E-state index contributed by atoms with van der Waals surface area (Å²) in [6.45, 7) is 8.94. The molecule has 0 spiro atoms. The highest BCUT2D eigenvalue weighted by atomic mass is 32.1. The van der Waals surface area contributed by atoms with Crippen LogP contribution in [0.2, 0.25) is 0 Å². The molecule has 0 bridgehead atoms. The number of pyridine rings is 1. The Morgan fingerprint density at radius 1 is 1.00 bits per heavy atom. The van der Waals surface area contributed by atoms with Crippen LogP contribution in [0.5, 0.6) is 0 Å². The van der Waals surface area contributed by atoms with Gasteiger partial charge in [0.2, 0.25) is 0 Å². The normalized spacial score (nSPS) is 12.4. The van der Waals surface area contributed by atoms with Crippen molar-refractivity contribution in [2.24, 2.45) is 5.41 Å². The molecule has 0 fully saturated rings. The Morgan fingerprint density at radius 3 is 2.68 bits per heavy atom. The summed E-state index contributed by atoms with van der Waals surface area (Å²) in [6.07, 6.45) is 2.94. The number of thiophene rings is 1. The standard InChI is InChI=1S/C25H23NOS/c1-15-10-17-12-20-18-6-5-7-19(24(18)27-22(20)13-23(17)28-15)21-11-16(8-9-26-21)14-25(2,3)4/h5-13H,14H2,1-4H3. The van der Waals surface area contributed by atoms with Crippen LogP contribution < -0.4 is 0 Å². The first-order valence-corrected chi connectivity index (χ1v) is 10.5. The van der Waals surface area contributed by atoms with Crippen LogP contribution in [-0.2, 0) is 6.42 Å². The molecule has 0 radical (unpaired) electrons. The largest absolute Gasteiger partial charge is 0.455 e. The molecule has 5 aromatic rings. The summed E-state index contributed by atoms with van der Waals surface area (Å²) in [4.78, 5) is 5.99. The average Bonchev–Trinajstić information content (AvgIpc) is 3.16. The molecular formula is C25H23NOS. The monoisotopic (exact) mass is 385 g/mol. The summed E-state index contributed by atoms with van der Waals surface area (Å²) in [5.74, 6) is 0. The highest BCUT2D eigenvalue weighted by Gasteiger charge is 2.16. The van der Waals surface area contributed by atoms with Crippen LogP contribution in [0.15, 0.2) is 59.1 Å². The molecule has 0 aliphatic carbocycles. The summed E-state index contributed by atoms with van der Waals surface area (Å²) >= 11 is 1.81. The first-order valence-electron chi connectivity index (χ1n) is 9.68. The number of nitrogens with zero attached hydrogens (tertiary/aromatic N) is 1. The van der Waals surface area contributed by atoms with E-state index < -0.39 is 0 Å². The van der Waals surface area contributed by atoms with Crippen LogP contribution in [0, 0.1) is 12.3 Å². The van der Waals surface area contributed by atoms with Gasteiger partial charge in [-0.15, -0.1) is 11.3 Å². The number of fused-ring (bicyclic) bond motifs is 4. The van der Waals surface area contributed by atoms with Crippen LogP contribution >= 0.6 is 11.3 Å². The molecule has 0 N–H and O–H groups in total. The van der Waals surface area contributed by atoms with E-state index in [1.165, 1.54) is 25.9 Å². The van der Waals surface area contributed by atoms with Crippen LogP contribution in [0.4, 0.5) is 0 Å². The minimum absolute atomic E-state index is 0.244. The lowest BCUT2D eigenvalue weighted by molar-refractivity contribution is 0.411. The third kappa shape index (κ3) is 3.00. The lowest BCUT2D eigenvalue weighted by Crippen LogP contribution is -2.09. The van der Waals surface area contributed by atoms with E-state index in [1.54, 1.807) is 0 Å². The van der Waals surface area contributed by atoms with Gasteiger partial charge in [0.05, 0.1) is 5.69 Å². The second-order valence-corrected chi connectivity index (χ2v) is 10.1. The Bertz CT molecular complexity index is 1330. The lowest BCUT2D eigenvalue weighted by Gasteiger charge is -2.18. The molecule has 0 atom stereocenters. The fraction of sp³-hybridized carbons (Fsp3) is 0.240. The van der Waals surface area contributed by atoms with Crippen molar-refractivity contribution in [1.82, 2.24) is 4.98 Å². The molecule has 0 saturated heterocycles. The number of aryl methyl sites for hydroxylation is 1. The number of benzene rings is 2. The summed E-state index contributed by atoms with van der Waals surface area (Å²) in [5, 5.41) is 3.61. The number of para-hydroxylation sites is 1. The minimum atomic E-state index is 0.244. The Balaban J connectivity index is 1.71. The molecular weight excluding hydrogens is 362 g/mol. The number of furan rings is 1. The van der Waals surface area contributed by atoms with E-state index in [0.717, 1.165) is 34.2 Å². The number of hydrogen-bond donors (Lipinski definition) is 0. The van der Waals surface area contributed by atoms with E-state index in [4.69, 9.17) is 4.42 Å². The predicted molar refractivity (Wildman–Crippen MR) is 120 cm³/mol. The smallest absolute Gasteiger partial charge is 0.144 e. The van der Waals surface area contributed by atoms with Gasteiger partial charge in [0.15, 0.2) is 0 Å². The molecule has 140 valence electrons. The van der Waals surface area contributed by atoms with E-state index in [9.17, 15) is 0 Å². The van der Waals surface area contributed by atoms with Gasteiger partial charge in [0.25, 0.3) is 0 Å². The highest BCUT2D eigenvalue weighted by Crippen LogP contribution is 2.38. The molecule has 0 saturated carbocycles. The van der Waals surface area contributed by atoms with Gasteiger partial charge in [-0.1, -0.05) is 32.9 Å². The molecule has 3 aromatic heterocycles. The van der Waals surface area contributed by atoms with Crippen LogP contribution in [0.3, 0.4) is 0 Å². The first-order chi connectivity index (χ1) is 13.4. The summed E-state index contributed by atoms with van der Waals surface area (Å²) < 4.78 is 7.64. The molecule has 0 aliphatic rings. The van der Waals surface area contributed by atoms with Crippen molar-refractivity contribution in [2.45, 2.75) is 34.1 Å². The second kappa shape index (κ2) is 6.18. The maximum atomic E-state index is 6.36. The van der Waals surface area contributed by atoms with Crippen molar-refractivity contribution in [3.05, 3.63) is 65.2 Å². The zero-order valence-electron chi connectivity index (χ0n) is 16.7. The third-order valence-electron chi connectivity index (χ3n) is 5.09. The van der Waals surface area contributed by atoms with Crippen LogP contribution in [-0.4, -0.2) is 4.98 Å². The topological polar surface area (TPSA) is 26.0 Å². The minimum Gasteiger partial charge on any atom is -0.455 e. The van der Waals surface area contributed by atoms with Gasteiger partial charge in [-0.25, -0.2) is 0 Å². The maximum Gasteiger partial charge on any atom is 0.144 e. The maximum absolute atomic E-state index is 6.36. The van der Waals surface area contributed by atoms with Gasteiger partial charge in [0.1, 0.15) is 11.2 Å². The van der Waals surface area contributed by atoms with Gasteiger partial charge in [-0.2, -0.15) is 0 Å². The highest BCUT2D eigenvalue weighted by molar-refractivity contribution is 7.19. The Hall–Kier alpha value is -2.65. The number of hydrogen-bond acceptors (Lipinski definition) is 3. The van der Waals surface area contributed by atoms with Crippen molar-refractivity contribution in [3.8, 4) is 11.3 Å². The van der Waals surface area contributed by atoms with E-state index in [2.05, 4.69) is 81.2 Å². The quantitative estimate of drug-likeness (QED) is 0.310. The average molecular weight is 386 g/mol. The van der Waals surface area contributed by atoms with Crippen molar-refractivity contribution in [3.63, 3.8) is 0 Å². The molecule has 0 aliphatic heterocycles. The predicted octanol–water partition coefficient (Wildman–Crippen LogP) is 7.76. The molecule has 28 heavy (non-hydrogen) atoms. The molecule has 2 nitrogen and oxygen atoms in total. The van der Waals surface area contributed by atoms with Crippen LogP contribution in [0.25, 0.3) is 43.3 Å². The fourth-order valence-corrected chi connectivity index (χ4v) is 4.94. The second-order valence-electron chi connectivity index (χ2n) is 8.81. The summed E-state index contributed by atoms with van der Waals surface area (Å²) in [5.41, 5.74) is 5.46. The van der Waals surface area contributed by atoms with Crippen LogP contribution in [0.1, 0.15) is 31.2 Å². The molecule has 2 aromatic carbocycles. The Morgan fingerprint density at radius 2 is 1.86 bits per heavy atom. The zero-order chi connectivity index (χ0) is 19.5. The van der Waals surface area contributed by atoms with Crippen molar-refractivity contribution in [1.29, 1.82) is 0 Å². The third-order valence-corrected chi connectivity index (χ3v) is 6.11. The Labute approximate surface area is 168 Å². The summed E-state index contributed by atoms with van der Waals surface area (Å²) in [7, 11) is 0. The number of rotatable bonds is 2. The van der Waals surface area contributed by atoms with E-state index in [1.807, 2.05) is 17.5 Å². The molecule has 5 rings (SSSR count). The van der Waals surface area contributed by atoms with E-state index in [0.29, 0.717) is 0 Å².